The van der Waals surface area contributed by atoms with Gasteiger partial charge in [0.25, 0.3) is 5.91 Å². The summed E-state index contributed by atoms with van der Waals surface area (Å²) in [5, 5.41) is 8.32. The Balaban J connectivity index is 1.59. The lowest BCUT2D eigenvalue weighted by molar-refractivity contribution is 0.0681. The lowest BCUT2D eigenvalue weighted by atomic mass is 9.77. The first kappa shape index (κ1) is 22.2. The average Bonchev–Trinajstić information content (AvgIpc) is 3.22. The maximum absolute atomic E-state index is 13.6. The number of fused-ring (bicyclic) bond motifs is 1. The highest BCUT2D eigenvalue weighted by Gasteiger charge is 2.44. The molecule has 0 unspecified atom stereocenters. The van der Waals surface area contributed by atoms with Crippen molar-refractivity contribution in [2.75, 3.05) is 0 Å². The van der Waals surface area contributed by atoms with Crippen LogP contribution in [0.2, 0.25) is 15.1 Å². The molecule has 0 spiro atoms. The van der Waals surface area contributed by atoms with E-state index in [1.165, 1.54) is 0 Å². The first-order valence-corrected chi connectivity index (χ1v) is 12.0. The van der Waals surface area contributed by atoms with E-state index in [9.17, 15) is 4.79 Å². The van der Waals surface area contributed by atoms with Crippen molar-refractivity contribution < 1.29 is 4.79 Å². The van der Waals surface area contributed by atoms with Crippen LogP contribution in [0.25, 0.3) is 6.08 Å². The summed E-state index contributed by atoms with van der Waals surface area (Å²) in [5.41, 5.74) is 4.65. The molecular formula is C27H21Cl3N2O. The van der Waals surface area contributed by atoms with Gasteiger partial charge in [-0.15, -0.1) is 0 Å². The summed E-state index contributed by atoms with van der Waals surface area (Å²) >= 11 is 18.6. The highest BCUT2D eigenvalue weighted by Crippen LogP contribution is 2.45. The van der Waals surface area contributed by atoms with Gasteiger partial charge in [-0.1, -0.05) is 71.2 Å². The molecule has 3 nitrogen and oxygen atoms in total. The van der Waals surface area contributed by atoms with Crippen molar-refractivity contribution in [2.45, 2.75) is 25.3 Å². The summed E-state index contributed by atoms with van der Waals surface area (Å²) in [6.45, 7) is 0. The molecule has 3 aromatic rings. The van der Waals surface area contributed by atoms with Crippen LogP contribution in [0.15, 0.2) is 83.5 Å². The largest absolute Gasteiger partial charge is 0.276 e. The molecule has 0 N–H and O–H groups in total. The molecule has 1 saturated carbocycles. The first-order valence-electron chi connectivity index (χ1n) is 10.9. The molecule has 1 amide bonds. The predicted molar refractivity (Wildman–Crippen MR) is 136 cm³/mol. The molecule has 0 saturated heterocycles. The van der Waals surface area contributed by atoms with Crippen molar-refractivity contribution >= 4 is 52.5 Å². The maximum atomic E-state index is 13.6. The van der Waals surface area contributed by atoms with Gasteiger partial charge in [-0.25, -0.2) is 5.01 Å². The lowest BCUT2D eigenvalue weighted by Gasteiger charge is -2.30. The van der Waals surface area contributed by atoms with Crippen LogP contribution in [0.3, 0.4) is 0 Å². The van der Waals surface area contributed by atoms with Crippen molar-refractivity contribution in [3.8, 4) is 0 Å². The first-order chi connectivity index (χ1) is 16.0. The van der Waals surface area contributed by atoms with Crippen molar-refractivity contribution in [3.05, 3.63) is 110 Å². The van der Waals surface area contributed by atoms with Gasteiger partial charge in [0, 0.05) is 16.0 Å². The van der Waals surface area contributed by atoms with Crippen molar-refractivity contribution in [3.63, 3.8) is 0 Å². The normalized spacial score (nSPS) is 21.1. The molecular weight excluding hydrogens is 475 g/mol. The minimum Gasteiger partial charge on any atom is -0.267 e. The number of amides is 1. The van der Waals surface area contributed by atoms with Crippen LogP contribution in [-0.2, 0) is 0 Å². The number of nitrogens with zero attached hydrogens (tertiary/aromatic N) is 2. The van der Waals surface area contributed by atoms with Gasteiger partial charge in [-0.3, -0.25) is 4.79 Å². The molecule has 2 atom stereocenters. The van der Waals surface area contributed by atoms with Crippen LogP contribution in [0.4, 0.5) is 0 Å². The van der Waals surface area contributed by atoms with Gasteiger partial charge in [0.15, 0.2) is 0 Å². The standard InChI is InChI=1S/C27H21Cl3N2O/c28-20-12-8-17(9-13-20)16-19-4-3-6-23-25(19)31-32(26(23)18-10-14-21(29)15-11-18)27(33)22-5-1-2-7-24(22)30/h1-2,5,7-16,23,26H,3-4,6H2/b19-16-/t23-,26+/m0/s1. The van der Waals surface area contributed by atoms with Gasteiger partial charge < -0.3 is 0 Å². The smallest absolute Gasteiger partial charge is 0.267 e. The molecule has 6 heteroatoms. The van der Waals surface area contributed by atoms with Crippen LogP contribution in [0, 0.1) is 5.92 Å². The molecule has 0 bridgehead atoms. The third-order valence-corrected chi connectivity index (χ3v) is 7.07. The number of hydrogen-bond donors (Lipinski definition) is 0. The van der Waals surface area contributed by atoms with Crippen LogP contribution < -0.4 is 0 Å². The summed E-state index contributed by atoms with van der Waals surface area (Å²) in [5.74, 6) is -0.0989. The van der Waals surface area contributed by atoms with E-state index in [0.717, 1.165) is 41.7 Å². The Morgan fingerprint density at radius 1 is 0.909 bits per heavy atom. The highest BCUT2D eigenvalue weighted by molar-refractivity contribution is 6.34. The monoisotopic (exact) mass is 494 g/mol. The fraction of sp³-hybridized carbons (Fsp3) is 0.185. The molecule has 5 rings (SSSR count). The highest BCUT2D eigenvalue weighted by atomic mass is 35.5. The van der Waals surface area contributed by atoms with Gasteiger partial charge in [0.2, 0.25) is 0 Å². The molecule has 1 fully saturated rings. The molecule has 1 aliphatic carbocycles. The molecule has 1 aliphatic heterocycles. The van der Waals surface area contributed by atoms with E-state index in [0.29, 0.717) is 20.6 Å². The molecule has 0 radical (unpaired) electrons. The Kier molecular flexibility index (Phi) is 6.29. The van der Waals surface area contributed by atoms with Crippen LogP contribution in [0.1, 0.15) is 46.8 Å². The Hall–Kier alpha value is -2.59. The molecule has 1 heterocycles. The maximum Gasteiger partial charge on any atom is 0.276 e. The van der Waals surface area contributed by atoms with Gasteiger partial charge >= 0.3 is 0 Å². The van der Waals surface area contributed by atoms with Crippen molar-refractivity contribution in [1.82, 2.24) is 5.01 Å². The van der Waals surface area contributed by atoms with Crippen molar-refractivity contribution in [1.29, 1.82) is 0 Å². The number of hydrazone groups is 1. The van der Waals surface area contributed by atoms with E-state index in [1.54, 1.807) is 17.1 Å². The van der Waals surface area contributed by atoms with E-state index in [2.05, 4.69) is 6.08 Å². The summed E-state index contributed by atoms with van der Waals surface area (Å²) in [6.07, 6.45) is 5.06. The second-order valence-electron chi connectivity index (χ2n) is 8.33. The van der Waals surface area contributed by atoms with Gasteiger partial charge in [0.1, 0.15) is 0 Å². The van der Waals surface area contributed by atoms with E-state index in [-0.39, 0.29) is 17.9 Å². The third-order valence-electron chi connectivity index (χ3n) is 6.24. The fourth-order valence-electron chi connectivity index (χ4n) is 4.68. The van der Waals surface area contributed by atoms with Crippen LogP contribution in [0.5, 0.6) is 0 Å². The zero-order valence-electron chi connectivity index (χ0n) is 17.7. The van der Waals surface area contributed by atoms with Gasteiger partial charge in [-0.2, -0.15) is 5.10 Å². The molecule has 33 heavy (non-hydrogen) atoms. The predicted octanol–water partition coefficient (Wildman–Crippen LogP) is 8.08. The zero-order valence-corrected chi connectivity index (χ0v) is 20.0. The lowest BCUT2D eigenvalue weighted by Crippen LogP contribution is -2.32. The van der Waals surface area contributed by atoms with Crippen LogP contribution >= 0.6 is 34.8 Å². The van der Waals surface area contributed by atoms with Crippen LogP contribution in [-0.4, -0.2) is 16.6 Å². The number of hydrogen-bond acceptors (Lipinski definition) is 2. The topological polar surface area (TPSA) is 32.7 Å². The van der Waals surface area contributed by atoms with Crippen molar-refractivity contribution in [2.24, 2.45) is 11.0 Å². The molecule has 3 aromatic carbocycles. The van der Waals surface area contributed by atoms with E-state index >= 15 is 0 Å². The van der Waals surface area contributed by atoms with Gasteiger partial charge in [-0.05, 0) is 78.4 Å². The Bertz CT molecular complexity index is 1250. The third kappa shape index (κ3) is 4.46. The van der Waals surface area contributed by atoms with E-state index in [1.807, 2.05) is 60.7 Å². The second-order valence-corrected chi connectivity index (χ2v) is 9.61. The minimum atomic E-state index is -0.213. The quantitative estimate of drug-likeness (QED) is 0.361. The van der Waals surface area contributed by atoms with Gasteiger partial charge in [0.05, 0.1) is 22.3 Å². The number of allylic oxidation sites excluding steroid dienone is 1. The summed E-state index contributed by atoms with van der Waals surface area (Å²) in [4.78, 5) is 13.6. The minimum absolute atomic E-state index is 0.102. The second kappa shape index (κ2) is 9.34. The number of halogens is 3. The summed E-state index contributed by atoms with van der Waals surface area (Å²) in [7, 11) is 0. The average molecular weight is 496 g/mol. The fourth-order valence-corrected chi connectivity index (χ4v) is 5.15. The van der Waals surface area contributed by atoms with E-state index in [4.69, 9.17) is 39.9 Å². The van der Waals surface area contributed by atoms with E-state index < -0.39 is 0 Å². The number of benzene rings is 3. The zero-order chi connectivity index (χ0) is 22.9. The molecule has 0 aromatic heterocycles. The Morgan fingerprint density at radius 2 is 1.58 bits per heavy atom. The molecule has 166 valence electrons. The SMILES string of the molecule is O=C(c1ccccc1Cl)N1N=C2/C(=C\c3ccc(Cl)cc3)CCC[C@@H]2[C@H]1c1ccc(Cl)cc1. The number of rotatable bonds is 3. The number of carbonyl (C=O) groups is 1. The summed E-state index contributed by atoms with van der Waals surface area (Å²) in [6, 6.07) is 22.3. The Morgan fingerprint density at radius 3 is 2.27 bits per heavy atom. The Labute approximate surface area is 208 Å². The summed E-state index contributed by atoms with van der Waals surface area (Å²) < 4.78 is 0. The molecule has 2 aliphatic rings. The number of carbonyl (C=O) groups excluding carboxylic acids is 1.